The second-order valence-corrected chi connectivity index (χ2v) is 8.61. The smallest absolute Gasteiger partial charge is 0.254 e. The van der Waals surface area contributed by atoms with Crippen molar-refractivity contribution in [3.8, 4) is 5.69 Å². The first-order valence-electron chi connectivity index (χ1n) is 11.2. The number of carbonyl (C=O) groups excluding carboxylic acids is 1. The van der Waals surface area contributed by atoms with Crippen molar-refractivity contribution in [2.45, 2.75) is 20.4 Å². The SMILES string of the molecule is Cc1cccc(CN2CCN(C(=O)c3cc(C)nc4c3cnn4-c3ccccc3F)CC2)c1. The minimum absolute atomic E-state index is 0.0335. The van der Waals surface area contributed by atoms with Crippen LogP contribution in [-0.2, 0) is 6.54 Å². The quantitative estimate of drug-likeness (QED) is 0.476. The first-order valence-corrected chi connectivity index (χ1v) is 11.2. The van der Waals surface area contributed by atoms with E-state index >= 15 is 0 Å². The number of aryl methyl sites for hydroxylation is 2. The molecule has 1 amide bonds. The lowest BCUT2D eigenvalue weighted by Gasteiger charge is -2.35. The molecule has 168 valence electrons. The number of carbonyl (C=O) groups is 1. The third-order valence-electron chi connectivity index (χ3n) is 6.13. The summed E-state index contributed by atoms with van der Waals surface area (Å²) in [4.78, 5) is 22.3. The van der Waals surface area contributed by atoms with Gasteiger partial charge in [0.2, 0.25) is 0 Å². The number of para-hydroxylation sites is 1. The molecule has 0 atom stereocenters. The Balaban J connectivity index is 1.36. The molecule has 0 saturated carbocycles. The fourth-order valence-corrected chi connectivity index (χ4v) is 4.45. The van der Waals surface area contributed by atoms with Gasteiger partial charge in [-0.2, -0.15) is 5.10 Å². The maximum absolute atomic E-state index is 14.4. The highest BCUT2D eigenvalue weighted by Gasteiger charge is 2.25. The molecule has 0 radical (unpaired) electrons. The normalized spacial score (nSPS) is 14.7. The molecule has 6 nitrogen and oxygen atoms in total. The van der Waals surface area contributed by atoms with Gasteiger partial charge in [-0.15, -0.1) is 0 Å². The monoisotopic (exact) mass is 443 g/mol. The second kappa shape index (κ2) is 8.75. The molecule has 4 aromatic rings. The molecule has 0 spiro atoms. The average Bonchev–Trinajstić information content (AvgIpc) is 3.22. The van der Waals surface area contributed by atoms with Gasteiger partial charge >= 0.3 is 0 Å². The number of nitrogens with zero attached hydrogens (tertiary/aromatic N) is 5. The summed E-state index contributed by atoms with van der Waals surface area (Å²) < 4.78 is 15.8. The number of halogens is 1. The molecule has 3 heterocycles. The van der Waals surface area contributed by atoms with Gasteiger partial charge in [0.25, 0.3) is 5.91 Å². The van der Waals surface area contributed by atoms with E-state index in [-0.39, 0.29) is 11.7 Å². The Labute approximate surface area is 192 Å². The lowest BCUT2D eigenvalue weighted by Crippen LogP contribution is -2.48. The van der Waals surface area contributed by atoms with Crippen molar-refractivity contribution < 1.29 is 9.18 Å². The zero-order valence-electron chi connectivity index (χ0n) is 18.8. The van der Waals surface area contributed by atoms with Gasteiger partial charge in [-0.25, -0.2) is 14.1 Å². The van der Waals surface area contributed by atoms with Gasteiger partial charge in [0.1, 0.15) is 11.5 Å². The van der Waals surface area contributed by atoms with Crippen LogP contribution >= 0.6 is 0 Å². The molecule has 2 aromatic heterocycles. The summed E-state index contributed by atoms with van der Waals surface area (Å²) in [5.74, 6) is -0.419. The zero-order valence-corrected chi connectivity index (χ0v) is 18.8. The van der Waals surface area contributed by atoms with Gasteiger partial charge in [0.05, 0.1) is 17.1 Å². The summed E-state index contributed by atoms with van der Waals surface area (Å²) >= 11 is 0. The molecule has 1 aliphatic rings. The van der Waals surface area contributed by atoms with E-state index < -0.39 is 0 Å². The van der Waals surface area contributed by atoms with E-state index in [1.807, 2.05) is 11.8 Å². The van der Waals surface area contributed by atoms with E-state index in [1.54, 1.807) is 30.5 Å². The van der Waals surface area contributed by atoms with Crippen molar-refractivity contribution in [3.05, 3.63) is 89.0 Å². The van der Waals surface area contributed by atoms with Crippen LogP contribution in [0.3, 0.4) is 0 Å². The van der Waals surface area contributed by atoms with Crippen LogP contribution in [-0.4, -0.2) is 56.7 Å². The molecule has 0 aliphatic carbocycles. The molecule has 1 fully saturated rings. The van der Waals surface area contributed by atoms with Crippen LogP contribution in [0.15, 0.2) is 60.8 Å². The minimum Gasteiger partial charge on any atom is -0.336 e. The van der Waals surface area contributed by atoms with Gasteiger partial charge in [0.15, 0.2) is 5.65 Å². The molecule has 7 heteroatoms. The van der Waals surface area contributed by atoms with Crippen molar-refractivity contribution in [3.63, 3.8) is 0 Å². The molecule has 0 unspecified atom stereocenters. The number of hydrogen-bond donors (Lipinski definition) is 0. The van der Waals surface area contributed by atoms with Crippen LogP contribution < -0.4 is 0 Å². The summed E-state index contributed by atoms with van der Waals surface area (Å²) in [7, 11) is 0. The van der Waals surface area contributed by atoms with Crippen LogP contribution in [0.25, 0.3) is 16.7 Å². The third-order valence-corrected chi connectivity index (χ3v) is 6.13. The molecule has 1 saturated heterocycles. The average molecular weight is 444 g/mol. The zero-order chi connectivity index (χ0) is 22.9. The van der Waals surface area contributed by atoms with E-state index in [0.29, 0.717) is 41.1 Å². The van der Waals surface area contributed by atoms with Gasteiger partial charge < -0.3 is 4.90 Å². The number of rotatable bonds is 4. The fourth-order valence-electron chi connectivity index (χ4n) is 4.45. The number of amides is 1. The standard InChI is InChI=1S/C26H26FN5O/c1-18-6-5-7-20(14-18)17-30-10-12-31(13-11-30)26(33)21-15-19(2)29-25-22(21)16-28-32(25)24-9-4-3-8-23(24)27/h3-9,14-16H,10-13,17H2,1-2H3. The lowest BCUT2D eigenvalue weighted by molar-refractivity contribution is 0.0630. The van der Waals surface area contributed by atoms with E-state index in [0.717, 1.165) is 19.6 Å². The largest absolute Gasteiger partial charge is 0.336 e. The van der Waals surface area contributed by atoms with Crippen molar-refractivity contribution in [2.24, 2.45) is 0 Å². The Kier molecular flexibility index (Phi) is 5.64. The van der Waals surface area contributed by atoms with Crippen LogP contribution in [0.1, 0.15) is 27.2 Å². The highest BCUT2D eigenvalue weighted by Crippen LogP contribution is 2.24. The number of piperazine rings is 1. The number of hydrogen-bond acceptors (Lipinski definition) is 4. The minimum atomic E-state index is -0.386. The van der Waals surface area contributed by atoms with Crippen molar-refractivity contribution in [2.75, 3.05) is 26.2 Å². The Morgan fingerprint density at radius 1 is 1.00 bits per heavy atom. The molecule has 5 rings (SSSR count). The first kappa shape index (κ1) is 21.3. The van der Waals surface area contributed by atoms with Gasteiger partial charge in [0, 0.05) is 38.4 Å². The Bertz CT molecular complexity index is 1320. The van der Waals surface area contributed by atoms with Crippen LogP contribution in [0.4, 0.5) is 4.39 Å². The van der Waals surface area contributed by atoms with Crippen LogP contribution in [0.5, 0.6) is 0 Å². The number of benzene rings is 2. The number of aromatic nitrogens is 3. The predicted octanol–water partition coefficient (Wildman–Crippen LogP) is 4.13. The molecule has 2 aromatic carbocycles. The molecular formula is C26H26FN5O. The van der Waals surface area contributed by atoms with Gasteiger partial charge in [-0.3, -0.25) is 9.69 Å². The molecule has 0 N–H and O–H groups in total. The highest BCUT2D eigenvalue weighted by atomic mass is 19.1. The molecular weight excluding hydrogens is 417 g/mol. The van der Waals surface area contributed by atoms with Crippen LogP contribution in [0, 0.1) is 19.7 Å². The Morgan fingerprint density at radius 2 is 1.79 bits per heavy atom. The van der Waals surface area contributed by atoms with E-state index in [9.17, 15) is 9.18 Å². The van der Waals surface area contributed by atoms with E-state index in [4.69, 9.17) is 0 Å². The first-order chi connectivity index (χ1) is 16.0. The summed E-state index contributed by atoms with van der Waals surface area (Å²) in [6.45, 7) is 7.80. The summed E-state index contributed by atoms with van der Waals surface area (Å²) in [6, 6.07) is 16.8. The number of fused-ring (bicyclic) bond motifs is 1. The number of pyridine rings is 1. The predicted molar refractivity (Wildman–Crippen MR) is 126 cm³/mol. The third kappa shape index (κ3) is 4.24. The summed E-state index contributed by atoms with van der Waals surface area (Å²) in [6.07, 6.45) is 1.61. The molecule has 33 heavy (non-hydrogen) atoms. The van der Waals surface area contributed by atoms with E-state index in [2.05, 4.69) is 46.2 Å². The lowest BCUT2D eigenvalue weighted by atomic mass is 10.1. The second-order valence-electron chi connectivity index (χ2n) is 8.61. The topological polar surface area (TPSA) is 54.3 Å². The van der Waals surface area contributed by atoms with Crippen LogP contribution in [0.2, 0.25) is 0 Å². The maximum Gasteiger partial charge on any atom is 0.254 e. The highest BCUT2D eigenvalue weighted by molar-refractivity contribution is 6.05. The van der Waals surface area contributed by atoms with Gasteiger partial charge in [-0.1, -0.05) is 42.0 Å². The van der Waals surface area contributed by atoms with Gasteiger partial charge in [-0.05, 0) is 37.6 Å². The summed E-state index contributed by atoms with van der Waals surface area (Å²) in [5, 5.41) is 4.99. The molecule has 0 bridgehead atoms. The Hall–Kier alpha value is -3.58. The van der Waals surface area contributed by atoms with Crippen molar-refractivity contribution in [1.82, 2.24) is 24.6 Å². The van der Waals surface area contributed by atoms with Crippen molar-refractivity contribution in [1.29, 1.82) is 0 Å². The fraction of sp³-hybridized carbons (Fsp3) is 0.269. The molecule has 1 aliphatic heterocycles. The van der Waals surface area contributed by atoms with Crippen molar-refractivity contribution >= 4 is 16.9 Å². The van der Waals surface area contributed by atoms with E-state index in [1.165, 1.54) is 21.9 Å². The Morgan fingerprint density at radius 3 is 2.55 bits per heavy atom. The maximum atomic E-state index is 14.4. The summed E-state index contributed by atoms with van der Waals surface area (Å²) in [5.41, 5.74) is 4.61.